The summed E-state index contributed by atoms with van der Waals surface area (Å²) in [6.07, 6.45) is 3.54. The van der Waals surface area contributed by atoms with E-state index in [4.69, 9.17) is 9.47 Å². The van der Waals surface area contributed by atoms with E-state index in [0.717, 1.165) is 55.0 Å². The van der Waals surface area contributed by atoms with Crippen LogP contribution in [0.1, 0.15) is 40.4 Å². The number of carbonyl (C=O) groups excluding carboxylic acids is 1. The molecule has 162 valence electrons. The largest absolute Gasteiger partial charge is 0.496 e. The van der Waals surface area contributed by atoms with Crippen molar-refractivity contribution in [3.63, 3.8) is 0 Å². The van der Waals surface area contributed by atoms with Crippen LogP contribution >= 0.6 is 0 Å². The molecule has 0 saturated carbocycles. The highest BCUT2D eigenvalue weighted by Crippen LogP contribution is 2.24. The third-order valence-corrected chi connectivity index (χ3v) is 5.74. The molecule has 0 saturated heterocycles. The summed E-state index contributed by atoms with van der Waals surface area (Å²) in [6.45, 7) is 6.99. The van der Waals surface area contributed by atoms with Gasteiger partial charge in [0.2, 0.25) is 0 Å². The summed E-state index contributed by atoms with van der Waals surface area (Å²) >= 11 is 0. The molecule has 0 aliphatic carbocycles. The molecular formula is C24H28N4O3. The van der Waals surface area contributed by atoms with E-state index in [1.807, 2.05) is 41.8 Å². The molecule has 1 aromatic heterocycles. The number of hydrogen-bond donors (Lipinski definition) is 0. The molecule has 0 amide bonds. The first-order valence-corrected chi connectivity index (χ1v) is 10.6. The number of hydrogen-bond acceptors (Lipinski definition) is 6. The number of fused-ring (bicyclic) bond motifs is 1. The second-order valence-electron chi connectivity index (χ2n) is 7.91. The SMILES string of the molecule is COc1cc(-n2cnnc2OCCCN2CCc3ccc(C(C)=O)cc3C2)ccc1C. The lowest BCUT2D eigenvalue weighted by Gasteiger charge is -2.29. The number of benzene rings is 2. The molecule has 0 N–H and O–H groups in total. The minimum Gasteiger partial charge on any atom is -0.496 e. The van der Waals surface area contributed by atoms with Crippen molar-refractivity contribution >= 4 is 5.78 Å². The van der Waals surface area contributed by atoms with Crippen LogP contribution < -0.4 is 9.47 Å². The highest BCUT2D eigenvalue weighted by molar-refractivity contribution is 5.94. The standard InChI is InChI=1S/C24H28N4O3/c1-17-5-8-22(14-23(17)30-3)28-16-25-26-24(28)31-12-4-10-27-11-9-19-6-7-20(18(2)29)13-21(19)15-27/h5-8,13-14,16H,4,9-12,15H2,1-3H3. The lowest BCUT2D eigenvalue weighted by atomic mass is 9.96. The Morgan fingerprint density at radius 3 is 2.84 bits per heavy atom. The third kappa shape index (κ3) is 4.77. The van der Waals surface area contributed by atoms with Crippen molar-refractivity contribution in [2.45, 2.75) is 33.2 Å². The fraction of sp³-hybridized carbons (Fsp3) is 0.375. The van der Waals surface area contributed by atoms with Gasteiger partial charge in [-0.3, -0.25) is 14.3 Å². The van der Waals surface area contributed by atoms with Gasteiger partial charge in [-0.15, -0.1) is 5.10 Å². The second kappa shape index (κ2) is 9.31. The van der Waals surface area contributed by atoms with Crippen molar-refractivity contribution in [1.29, 1.82) is 0 Å². The van der Waals surface area contributed by atoms with E-state index in [1.165, 1.54) is 11.1 Å². The smallest absolute Gasteiger partial charge is 0.321 e. The van der Waals surface area contributed by atoms with Gasteiger partial charge in [0, 0.05) is 31.3 Å². The molecule has 0 spiro atoms. The summed E-state index contributed by atoms with van der Waals surface area (Å²) in [4.78, 5) is 14.1. The first-order chi connectivity index (χ1) is 15.0. The number of rotatable bonds is 8. The molecule has 2 heterocycles. The van der Waals surface area contributed by atoms with Crippen molar-refractivity contribution < 1.29 is 14.3 Å². The predicted molar refractivity (Wildman–Crippen MR) is 118 cm³/mol. The zero-order valence-electron chi connectivity index (χ0n) is 18.3. The zero-order chi connectivity index (χ0) is 21.8. The van der Waals surface area contributed by atoms with Crippen LogP contribution in [0.5, 0.6) is 11.8 Å². The molecule has 1 aliphatic heterocycles. The fourth-order valence-corrected chi connectivity index (χ4v) is 3.94. The van der Waals surface area contributed by atoms with Gasteiger partial charge in [0.25, 0.3) is 0 Å². The van der Waals surface area contributed by atoms with Gasteiger partial charge >= 0.3 is 6.01 Å². The van der Waals surface area contributed by atoms with Gasteiger partial charge in [0.05, 0.1) is 19.4 Å². The van der Waals surface area contributed by atoms with Gasteiger partial charge in [0.1, 0.15) is 12.1 Å². The Balaban J connectivity index is 1.32. The molecule has 3 aromatic rings. The summed E-state index contributed by atoms with van der Waals surface area (Å²) in [7, 11) is 1.66. The third-order valence-electron chi connectivity index (χ3n) is 5.74. The highest BCUT2D eigenvalue weighted by atomic mass is 16.5. The second-order valence-corrected chi connectivity index (χ2v) is 7.91. The van der Waals surface area contributed by atoms with Gasteiger partial charge in [-0.2, -0.15) is 0 Å². The Morgan fingerprint density at radius 2 is 2.03 bits per heavy atom. The first-order valence-electron chi connectivity index (χ1n) is 10.6. The fourth-order valence-electron chi connectivity index (χ4n) is 3.94. The number of ketones is 1. The van der Waals surface area contributed by atoms with Crippen molar-refractivity contribution in [1.82, 2.24) is 19.7 Å². The quantitative estimate of drug-likeness (QED) is 0.410. The van der Waals surface area contributed by atoms with Crippen molar-refractivity contribution in [3.8, 4) is 17.4 Å². The Morgan fingerprint density at radius 1 is 1.16 bits per heavy atom. The van der Waals surface area contributed by atoms with Crippen LogP contribution in [-0.2, 0) is 13.0 Å². The Labute approximate surface area is 182 Å². The van der Waals surface area contributed by atoms with Crippen LogP contribution in [0, 0.1) is 6.92 Å². The minimum absolute atomic E-state index is 0.114. The van der Waals surface area contributed by atoms with Gasteiger partial charge in [-0.25, -0.2) is 0 Å². The van der Waals surface area contributed by atoms with Gasteiger partial charge < -0.3 is 9.47 Å². The number of aryl methyl sites for hydroxylation is 1. The van der Waals surface area contributed by atoms with Crippen molar-refractivity contribution in [3.05, 3.63) is 65.0 Å². The number of nitrogens with zero attached hydrogens (tertiary/aromatic N) is 4. The predicted octanol–water partition coefficient (Wildman–Crippen LogP) is 3.61. The van der Waals surface area contributed by atoms with E-state index >= 15 is 0 Å². The topological polar surface area (TPSA) is 69.5 Å². The average Bonchev–Trinajstić information content (AvgIpc) is 3.25. The summed E-state index contributed by atoms with van der Waals surface area (Å²) in [5, 5.41) is 8.12. The van der Waals surface area contributed by atoms with E-state index in [1.54, 1.807) is 20.4 Å². The molecule has 0 fully saturated rings. The minimum atomic E-state index is 0.114. The number of methoxy groups -OCH3 is 1. The Hall–Kier alpha value is -3.19. The van der Waals surface area contributed by atoms with E-state index in [9.17, 15) is 4.79 Å². The van der Waals surface area contributed by atoms with Crippen LogP contribution in [-0.4, -0.2) is 52.3 Å². The molecule has 0 radical (unpaired) electrons. The molecule has 4 rings (SSSR count). The van der Waals surface area contributed by atoms with E-state index in [2.05, 4.69) is 21.2 Å². The molecule has 0 atom stereocenters. The van der Waals surface area contributed by atoms with Gasteiger partial charge in [-0.1, -0.05) is 23.3 Å². The monoisotopic (exact) mass is 420 g/mol. The van der Waals surface area contributed by atoms with Crippen molar-refractivity contribution in [2.75, 3.05) is 26.8 Å². The molecule has 2 aromatic carbocycles. The zero-order valence-corrected chi connectivity index (χ0v) is 18.3. The molecule has 7 heteroatoms. The lowest BCUT2D eigenvalue weighted by Crippen LogP contribution is -2.32. The summed E-state index contributed by atoms with van der Waals surface area (Å²) in [5.41, 5.74) is 5.36. The van der Waals surface area contributed by atoms with Crippen LogP contribution in [0.25, 0.3) is 5.69 Å². The first kappa shape index (κ1) is 21.1. The molecule has 0 unspecified atom stereocenters. The van der Waals surface area contributed by atoms with Gasteiger partial charge in [0.15, 0.2) is 5.78 Å². The summed E-state index contributed by atoms with van der Waals surface area (Å²) < 4.78 is 13.2. The maximum atomic E-state index is 11.7. The molecule has 1 aliphatic rings. The number of ether oxygens (including phenoxy) is 2. The lowest BCUT2D eigenvalue weighted by molar-refractivity contribution is 0.101. The maximum Gasteiger partial charge on any atom is 0.321 e. The molecule has 31 heavy (non-hydrogen) atoms. The molecule has 7 nitrogen and oxygen atoms in total. The number of carbonyl (C=O) groups is 1. The number of aromatic nitrogens is 3. The number of Topliss-reactive ketones (excluding diaryl/α,β-unsaturated/α-hetero) is 1. The summed E-state index contributed by atoms with van der Waals surface area (Å²) in [6, 6.07) is 12.5. The van der Waals surface area contributed by atoms with Crippen LogP contribution in [0.3, 0.4) is 0 Å². The van der Waals surface area contributed by atoms with Crippen LogP contribution in [0.15, 0.2) is 42.7 Å². The van der Waals surface area contributed by atoms with E-state index in [-0.39, 0.29) is 5.78 Å². The molecular weight excluding hydrogens is 392 g/mol. The van der Waals surface area contributed by atoms with E-state index < -0.39 is 0 Å². The Bertz CT molecular complexity index is 1080. The maximum absolute atomic E-state index is 11.7. The van der Waals surface area contributed by atoms with E-state index in [0.29, 0.717) is 12.6 Å². The average molecular weight is 421 g/mol. The van der Waals surface area contributed by atoms with Gasteiger partial charge in [-0.05, 0) is 55.5 Å². The van der Waals surface area contributed by atoms with Crippen molar-refractivity contribution in [2.24, 2.45) is 0 Å². The van der Waals surface area contributed by atoms with Crippen LogP contribution in [0.4, 0.5) is 0 Å². The Kier molecular flexibility index (Phi) is 6.32. The summed E-state index contributed by atoms with van der Waals surface area (Å²) in [5.74, 6) is 0.930. The van der Waals surface area contributed by atoms with Crippen LogP contribution in [0.2, 0.25) is 0 Å². The normalized spacial score (nSPS) is 13.6. The molecule has 0 bridgehead atoms. The highest BCUT2D eigenvalue weighted by Gasteiger charge is 2.17.